The summed E-state index contributed by atoms with van der Waals surface area (Å²) < 4.78 is 13.7. The van der Waals surface area contributed by atoms with Gasteiger partial charge in [0.15, 0.2) is 0 Å². The van der Waals surface area contributed by atoms with E-state index in [2.05, 4.69) is 10.1 Å². The molecule has 0 spiro atoms. The van der Waals surface area contributed by atoms with Crippen LogP contribution in [0.3, 0.4) is 0 Å². The summed E-state index contributed by atoms with van der Waals surface area (Å²) in [5, 5.41) is 12.3. The van der Waals surface area contributed by atoms with Gasteiger partial charge >= 0.3 is 11.7 Å². The highest BCUT2D eigenvalue weighted by Crippen LogP contribution is 2.05. The summed E-state index contributed by atoms with van der Waals surface area (Å²) >= 11 is 0. The van der Waals surface area contributed by atoms with Crippen LogP contribution in [-0.4, -0.2) is 25.8 Å². The van der Waals surface area contributed by atoms with Crippen molar-refractivity contribution >= 4 is 5.97 Å². The van der Waals surface area contributed by atoms with Gasteiger partial charge in [0.1, 0.15) is 18.1 Å². The average Bonchev–Trinajstić information content (AvgIpc) is 2.59. The molecule has 0 aliphatic heterocycles. The van der Waals surface area contributed by atoms with E-state index >= 15 is 0 Å². The third-order valence-electron chi connectivity index (χ3n) is 2.05. The smallest absolute Gasteiger partial charge is 0.348 e. The molecule has 0 bridgehead atoms. The Labute approximate surface area is 94.3 Å². The third kappa shape index (κ3) is 2.39. The normalized spacial score (nSPS) is 10.4. The van der Waals surface area contributed by atoms with Gasteiger partial charge in [-0.25, -0.2) is 9.18 Å². The summed E-state index contributed by atoms with van der Waals surface area (Å²) in [6, 6.07) is 5.13. The second kappa shape index (κ2) is 4.20. The van der Waals surface area contributed by atoms with Crippen LogP contribution < -0.4 is 5.69 Å². The van der Waals surface area contributed by atoms with E-state index < -0.39 is 17.5 Å². The summed E-state index contributed by atoms with van der Waals surface area (Å²) in [5.74, 6) is -1.47. The number of carboxylic acid groups (broad SMARTS) is 1. The molecular weight excluding hydrogens is 229 g/mol. The molecule has 0 saturated heterocycles. The van der Waals surface area contributed by atoms with Gasteiger partial charge in [0.25, 0.3) is 0 Å². The maximum atomic E-state index is 12.7. The first kappa shape index (κ1) is 11.1. The Morgan fingerprint density at radius 3 is 2.65 bits per heavy atom. The van der Waals surface area contributed by atoms with Crippen LogP contribution in [0.1, 0.15) is 5.82 Å². The Balaban J connectivity index is 2.39. The number of nitrogens with one attached hydrogen (secondary N) is 1. The number of halogens is 1. The summed E-state index contributed by atoms with van der Waals surface area (Å²) in [7, 11) is 0. The molecule has 0 saturated carbocycles. The number of benzene rings is 1. The van der Waals surface area contributed by atoms with Gasteiger partial charge in [-0.15, -0.1) is 5.10 Å². The Morgan fingerprint density at radius 1 is 1.41 bits per heavy atom. The fourth-order valence-electron chi connectivity index (χ4n) is 1.35. The van der Waals surface area contributed by atoms with Gasteiger partial charge in [0.05, 0.1) is 5.69 Å². The predicted molar refractivity (Wildman–Crippen MR) is 55.5 cm³/mol. The van der Waals surface area contributed by atoms with Crippen molar-refractivity contribution in [2.45, 2.75) is 6.42 Å². The molecule has 0 atom stereocenters. The highest BCUT2D eigenvalue weighted by Gasteiger charge is 2.09. The largest absolute Gasteiger partial charge is 0.481 e. The molecule has 6 nitrogen and oxygen atoms in total. The average molecular weight is 237 g/mol. The molecule has 2 aromatic rings. The van der Waals surface area contributed by atoms with E-state index in [9.17, 15) is 14.0 Å². The van der Waals surface area contributed by atoms with E-state index in [1.165, 1.54) is 24.3 Å². The van der Waals surface area contributed by atoms with Gasteiger partial charge in [0, 0.05) is 0 Å². The first-order valence-electron chi connectivity index (χ1n) is 4.72. The van der Waals surface area contributed by atoms with Gasteiger partial charge in [-0.2, -0.15) is 4.68 Å². The number of H-pyrrole nitrogens is 1. The van der Waals surface area contributed by atoms with Crippen molar-refractivity contribution in [3.8, 4) is 5.69 Å². The minimum absolute atomic E-state index is 0.0480. The molecule has 0 aliphatic rings. The highest BCUT2D eigenvalue weighted by atomic mass is 19.1. The Bertz CT molecular complexity index is 600. The zero-order chi connectivity index (χ0) is 12.4. The summed E-state index contributed by atoms with van der Waals surface area (Å²) in [5.41, 5.74) is -0.197. The number of carboxylic acids is 1. The van der Waals surface area contributed by atoms with Gasteiger partial charge in [-0.3, -0.25) is 9.78 Å². The maximum absolute atomic E-state index is 12.7. The third-order valence-corrected chi connectivity index (χ3v) is 2.05. The second-order valence-corrected chi connectivity index (χ2v) is 3.34. The fraction of sp³-hybridized carbons (Fsp3) is 0.100. The minimum Gasteiger partial charge on any atom is -0.481 e. The van der Waals surface area contributed by atoms with Crippen molar-refractivity contribution < 1.29 is 14.3 Å². The highest BCUT2D eigenvalue weighted by molar-refractivity contribution is 5.68. The van der Waals surface area contributed by atoms with E-state index in [0.717, 1.165) is 4.68 Å². The van der Waals surface area contributed by atoms with Gasteiger partial charge in [0.2, 0.25) is 0 Å². The van der Waals surface area contributed by atoms with Crippen LogP contribution in [0.2, 0.25) is 0 Å². The monoisotopic (exact) mass is 237 g/mol. The molecule has 2 N–H and O–H groups in total. The van der Waals surface area contributed by atoms with E-state index in [0.29, 0.717) is 5.69 Å². The Morgan fingerprint density at radius 2 is 2.06 bits per heavy atom. The SMILES string of the molecule is O=C(O)Cc1nn(-c2ccc(F)cc2)c(=O)[nH]1. The molecule has 17 heavy (non-hydrogen) atoms. The van der Waals surface area contributed by atoms with Crippen molar-refractivity contribution in [1.29, 1.82) is 0 Å². The molecule has 0 aliphatic carbocycles. The lowest BCUT2D eigenvalue weighted by Crippen LogP contribution is -2.15. The van der Waals surface area contributed by atoms with Gasteiger partial charge in [-0.1, -0.05) is 0 Å². The molecule has 1 aromatic carbocycles. The molecule has 0 fully saturated rings. The minimum atomic E-state index is -1.09. The van der Waals surface area contributed by atoms with Crippen LogP contribution >= 0.6 is 0 Å². The van der Waals surface area contributed by atoms with Crippen LogP contribution in [0.4, 0.5) is 4.39 Å². The fourth-order valence-corrected chi connectivity index (χ4v) is 1.35. The number of aromatic amines is 1. The van der Waals surface area contributed by atoms with E-state index in [-0.39, 0.29) is 12.2 Å². The lowest BCUT2D eigenvalue weighted by atomic mass is 10.3. The number of aliphatic carboxylic acids is 1. The standard InChI is InChI=1S/C10H8FN3O3/c11-6-1-3-7(4-2-6)14-10(17)12-8(13-14)5-9(15)16/h1-4H,5H2,(H,15,16)(H,12,13,17). The van der Waals surface area contributed by atoms with Gasteiger partial charge in [-0.05, 0) is 24.3 Å². The molecule has 88 valence electrons. The molecule has 0 radical (unpaired) electrons. The number of rotatable bonds is 3. The molecule has 0 amide bonds. The lowest BCUT2D eigenvalue weighted by Gasteiger charge is -1.97. The quantitative estimate of drug-likeness (QED) is 0.805. The first-order chi connectivity index (χ1) is 8.06. The second-order valence-electron chi connectivity index (χ2n) is 3.34. The maximum Gasteiger partial charge on any atom is 0.348 e. The Hall–Kier alpha value is -2.44. The molecule has 1 aromatic heterocycles. The first-order valence-corrected chi connectivity index (χ1v) is 4.72. The molecular formula is C10H8FN3O3. The summed E-state index contributed by atoms with van der Waals surface area (Å²) in [6.45, 7) is 0. The zero-order valence-electron chi connectivity index (χ0n) is 8.55. The van der Waals surface area contributed by atoms with Crippen LogP contribution in [0.5, 0.6) is 0 Å². The van der Waals surface area contributed by atoms with Crippen molar-refractivity contribution in [3.63, 3.8) is 0 Å². The van der Waals surface area contributed by atoms with Crippen LogP contribution in [0, 0.1) is 5.82 Å². The number of carbonyl (C=O) groups is 1. The van der Waals surface area contributed by atoms with E-state index in [1.807, 2.05) is 0 Å². The molecule has 7 heteroatoms. The van der Waals surface area contributed by atoms with Crippen molar-refractivity contribution in [1.82, 2.24) is 14.8 Å². The van der Waals surface area contributed by atoms with E-state index in [1.54, 1.807) is 0 Å². The molecule has 0 unspecified atom stereocenters. The van der Waals surface area contributed by atoms with Crippen molar-refractivity contribution in [2.24, 2.45) is 0 Å². The number of hydrogen-bond acceptors (Lipinski definition) is 3. The van der Waals surface area contributed by atoms with E-state index in [4.69, 9.17) is 5.11 Å². The lowest BCUT2D eigenvalue weighted by molar-refractivity contribution is -0.136. The van der Waals surface area contributed by atoms with Crippen LogP contribution in [0.25, 0.3) is 5.69 Å². The van der Waals surface area contributed by atoms with Crippen LogP contribution in [-0.2, 0) is 11.2 Å². The number of nitrogens with zero attached hydrogens (tertiary/aromatic N) is 2. The summed E-state index contributed by atoms with van der Waals surface area (Å²) in [4.78, 5) is 24.2. The summed E-state index contributed by atoms with van der Waals surface area (Å²) in [6.07, 6.45) is -0.372. The molecule has 1 heterocycles. The van der Waals surface area contributed by atoms with Gasteiger partial charge < -0.3 is 5.11 Å². The number of hydrogen-bond donors (Lipinski definition) is 2. The van der Waals surface area contributed by atoms with Crippen molar-refractivity contribution in [3.05, 3.63) is 46.4 Å². The predicted octanol–water partition coefficient (Wildman–Crippen LogP) is 0.327. The van der Waals surface area contributed by atoms with Crippen LogP contribution in [0.15, 0.2) is 29.1 Å². The zero-order valence-corrected chi connectivity index (χ0v) is 8.55. The molecule has 2 rings (SSSR count). The Kier molecular flexibility index (Phi) is 2.73. The number of aromatic nitrogens is 3. The topological polar surface area (TPSA) is 88.0 Å². The van der Waals surface area contributed by atoms with Crippen molar-refractivity contribution in [2.75, 3.05) is 0 Å².